The fraction of sp³-hybridized carbons (Fsp3) is 0.586. The summed E-state index contributed by atoms with van der Waals surface area (Å²) in [5.41, 5.74) is 1.20. The minimum atomic E-state index is -1.00. The van der Waals surface area contributed by atoms with Gasteiger partial charge in [0.05, 0.1) is 22.7 Å². The number of fused-ring (bicyclic) bond motifs is 2. The van der Waals surface area contributed by atoms with Gasteiger partial charge in [-0.15, -0.1) is 0 Å². The van der Waals surface area contributed by atoms with Gasteiger partial charge in [-0.25, -0.2) is 4.79 Å². The van der Waals surface area contributed by atoms with E-state index in [4.69, 9.17) is 18.9 Å². The van der Waals surface area contributed by atoms with Gasteiger partial charge in [-0.05, 0) is 37.8 Å². The number of carbonyl (C=O) groups excluding carboxylic acids is 2. The van der Waals surface area contributed by atoms with Crippen molar-refractivity contribution in [3.63, 3.8) is 0 Å². The average molecular weight is 540 g/mol. The second-order valence-corrected chi connectivity index (χ2v) is 11.1. The van der Waals surface area contributed by atoms with Gasteiger partial charge in [0.15, 0.2) is 11.9 Å². The van der Waals surface area contributed by atoms with Gasteiger partial charge in [-0.2, -0.15) is 0 Å². The number of ketones is 1. The van der Waals surface area contributed by atoms with Crippen LogP contribution in [0.1, 0.15) is 81.5 Å². The minimum absolute atomic E-state index is 0.0880. The molecule has 0 radical (unpaired) electrons. The van der Waals surface area contributed by atoms with Crippen LogP contribution < -0.4 is 0 Å². The number of non-ortho nitro benzene ring substituents is 1. The van der Waals surface area contributed by atoms with Crippen molar-refractivity contribution in [3.8, 4) is 0 Å². The maximum absolute atomic E-state index is 13.8. The quantitative estimate of drug-likeness (QED) is 0.217. The standard InChI is InChI=1S/C29H33NO9/c1-2-3-4-5-6-20-23-15-18-24-21(36-27-19(31)13-14-29(38-20,39-23)25(18)27)11-12-22(26(24)32)37-28(33)16-7-9-17(10-8-16)30(34)35/h7-10,18-20,22-23,31H,2-6,11-15H2,1H3/t18-,19-,20-,22+,23-,29+/m0/s1. The van der Waals surface area contributed by atoms with Crippen LogP contribution >= 0.6 is 0 Å². The molecule has 2 bridgehead atoms. The number of nitro groups is 1. The first-order chi connectivity index (χ1) is 18.8. The highest BCUT2D eigenvalue weighted by Gasteiger charge is 2.62. The van der Waals surface area contributed by atoms with Crippen LogP contribution in [0, 0.1) is 16.0 Å². The number of aliphatic hydroxyl groups excluding tert-OH is 1. The summed E-state index contributed by atoms with van der Waals surface area (Å²) in [7, 11) is 0. The zero-order valence-corrected chi connectivity index (χ0v) is 21.9. The fourth-order valence-corrected chi connectivity index (χ4v) is 6.74. The highest BCUT2D eigenvalue weighted by atomic mass is 16.8. The van der Waals surface area contributed by atoms with E-state index in [0.29, 0.717) is 48.3 Å². The molecule has 39 heavy (non-hydrogen) atoms. The summed E-state index contributed by atoms with van der Waals surface area (Å²) in [4.78, 5) is 37.0. The van der Waals surface area contributed by atoms with E-state index in [1.165, 1.54) is 30.7 Å². The Morgan fingerprint density at radius 3 is 2.72 bits per heavy atom. The van der Waals surface area contributed by atoms with Gasteiger partial charge >= 0.3 is 5.97 Å². The number of aliphatic hydroxyl groups is 1. The molecular weight excluding hydrogens is 506 g/mol. The molecule has 0 unspecified atom stereocenters. The summed E-state index contributed by atoms with van der Waals surface area (Å²) in [6, 6.07) is 5.10. The van der Waals surface area contributed by atoms with E-state index in [1.54, 1.807) is 0 Å². The van der Waals surface area contributed by atoms with Crippen molar-refractivity contribution in [3.05, 3.63) is 62.6 Å². The van der Waals surface area contributed by atoms with Gasteiger partial charge in [-0.1, -0.05) is 32.6 Å². The molecule has 1 N–H and O–H groups in total. The van der Waals surface area contributed by atoms with Gasteiger partial charge in [0.25, 0.3) is 5.69 Å². The topological polar surface area (TPSA) is 134 Å². The fourth-order valence-electron chi connectivity index (χ4n) is 6.74. The number of hydrogen-bond acceptors (Lipinski definition) is 9. The Morgan fingerprint density at radius 1 is 1.18 bits per heavy atom. The van der Waals surface area contributed by atoms with Crippen molar-refractivity contribution >= 4 is 17.4 Å². The number of nitro benzene ring substituents is 1. The normalized spacial score (nSPS) is 32.9. The molecule has 208 valence electrons. The molecule has 0 amide bonds. The second kappa shape index (κ2) is 10.1. The Kier molecular flexibility index (Phi) is 6.81. The molecule has 1 spiro atoms. The molecule has 10 nitrogen and oxygen atoms in total. The molecule has 3 heterocycles. The zero-order chi connectivity index (χ0) is 27.3. The van der Waals surface area contributed by atoms with E-state index in [0.717, 1.165) is 25.7 Å². The lowest BCUT2D eigenvalue weighted by Gasteiger charge is -2.48. The van der Waals surface area contributed by atoms with Crippen molar-refractivity contribution in [2.75, 3.05) is 0 Å². The number of allylic oxidation sites excluding steroid dienone is 1. The van der Waals surface area contributed by atoms with Crippen molar-refractivity contribution < 1.29 is 38.6 Å². The monoisotopic (exact) mass is 539 g/mol. The van der Waals surface area contributed by atoms with Crippen LogP contribution in [0.25, 0.3) is 0 Å². The van der Waals surface area contributed by atoms with E-state index in [-0.39, 0.29) is 41.6 Å². The molecule has 0 aromatic heterocycles. The Balaban J connectivity index is 1.24. The molecule has 3 aliphatic heterocycles. The highest BCUT2D eigenvalue weighted by molar-refractivity contribution is 6.03. The lowest BCUT2D eigenvalue weighted by atomic mass is 9.70. The molecule has 10 heteroatoms. The largest absolute Gasteiger partial charge is 0.463 e. The van der Waals surface area contributed by atoms with Gasteiger partial charge in [0.1, 0.15) is 17.6 Å². The number of unbranched alkanes of at least 4 members (excludes halogenated alkanes) is 3. The smallest absolute Gasteiger partial charge is 0.338 e. The first kappa shape index (κ1) is 26.2. The van der Waals surface area contributed by atoms with Crippen LogP contribution in [0.15, 0.2) is 46.9 Å². The number of carbonyl (C=O) groups is 2. The number of Topliss-reactive ketones (excluding diaryl/α,β-unsaturated/α-hetero) is 1. The van der Waals surface area contributed by atoms with E-state index in [1.807, 2.05) is 0 Å². The Hall–Kier alpha value is -3.08. The van der Waals surface area contributed by atoms with E-state index in [9.17, 15) is 24.8 Å². The van der Waals surface area contributed by atoms with Crippen molar-refractivity contribution in [1.82, 2.24) is 0 Å². The first-order valence-electron chi connectivity index (χ1n) is 14.0. The molecule has 6 rings (SSSR count). The summed E-state index contributed by atoms with van der Waals surface area (Å²) >= 11 is 0. The Morgan fingerprint density at radius 2 is 1.97 bits per heavy atom. The number of hydrogen-bond donors (Lipinski definition) is 1. The van der Waals surface area contributed by atoms with Crippen molar-refractivity contribution in [2.24, 2.45) is 5.92 Å². The van der Waals surface area contributed by atoms with Crippen LogP contribution in [0.3, 0.4) is 0 Å². The molecule has 1 aromatic carbocycles. The van der Waals surface area contributed by atoms with Crippen molar-refractivity contribution in [2.45, 2.75) is 101 Å². The maximum Gasteiger partial charge on any atom is 0.338 e. The lowest BCUT2D eigenvalue weighted by Crippen LogP contribution is -2.50. The second-order valence-electron chi connectivity index (χ2n) is 11.1. The van der Waals surface area contributed by atoms with Crippen LogP contribution in [0.4, 0.5) is 5.69 Å². The molecule has 2 fully saturated rings. The predicted octanol–water partition coefficient (Wildman–Crippen LogP) is 4.65. The SMILES string of the molecule is CCCCCC[C@@H]1O[C@@]23CC[C@H](O)C4=C2[C@@H](C[C@@H]1O3)C1=C(CC[C@@H](OC(=O)c2ccc([N+](=O)[O-])cc2)C1=O)O4. The van der Waals surface area contributed by atoms with Crippen LogP contribution in [0.5, 0.6) is 0 Å². The zero-order valence-electron chi connectivity index (χ0n) is 21.9. The molecular formula is C29H33NO9. The third-order valence-electron chi connectivity index (χ3n) is 8.62. The molecule has 0 saturated carbocycles. The van der Waals surface area contributed by atoms with Crippen LogP contribution in [-0.2, 0) is 23.7 Å². The number of nitrogens with zero attached hydrogens (tertiary/aromatic N) is 1. The Labute approximate surface area is 226 Å². The van der Waals surface area contributed by atoms with Gasteiger partial charge in [0, 0.05) is 42.0 Å². The summed E-state index contributed by atoms with van der Waals surface area (Å²) in [6.45, 7) is 2.18. The third-order valence-corrected chi connectivity index (χ3v) is 8.62. The molecule has 6 atom stereocenters. The molecule has 2 saturated heterocycles. The van der Waals surface area contributed by atoms with Crippen molar-refractivity contribution in [1.29, 1.82) is 0 Å². The van der Waals surface area contributed by atoms with Gasteiger partial charge < -0.3 is 24.1 Å². The number of ether oxygens (including phenoxy) is 4. The Bertz CT molecular complexity index is 1250. The lowest BCUT2D eigenvalue weighted by molar-refractivity contribution is -0.384. The summed E-state index contributed by atoms with van der Waals surface area (Å²) in [5.74, 6) is -1.37. The summed E-state index contributed by atoms with van der Waals surface area (Å²) in [5, 5.41) is 21.8. The van der Waals surface area contributed by atoms with Gasteiger partial charge in [-0.3, -0.25) is 14.9 Å². The van der Waals surface area contributed by atoms with E-state index in [2.05, 4.69) is 6.92 Å². The first-order valence-corrected chi connectivity index (χ1v) is 14.0. The highest BCUT2D eigenvalue weighted by Crippen LogP contribution is 2.58. The van der Waals surface area contributed by atoms with E-state index >= 15 is 0 Å². The molecule has 2 aliphatic carbocycles. The molecule has 5 aliphatic rings. The number of benzene rings is 1. The molecule has 1 aromatic rings. The maximum atomic E-state index is 13.8. The number of rotatable bonds is 8. The summed E-state index contributed by atoms with van der Waals surface area (Å²) in [6.07, 6.45) is 5.46. The van der Waals surface area contributed by atoms with Crippen LogP contribution in [-0.4, -0.2) is 52.0 Å². The predicted molar refractivity (Wildman–Crippen MR) is 136 cm³/mol. The number of esters is 1. The summed E-state index contributed by atoms with van der Waals surface area (Å²) < 4.78 is 24.9. The average Bonchev–Trinajstić information content (AvgIpc) is 3.21. The third kappa shape index (κ3) is 4.48. The minimum Gasteiger partial charge on any atom is -0.463 e. The van der Waals surface area contributed by atoms with Crippen LogP contribution in [0.2, 0.25) is 0 Å². The van der Waals surface area contributed by atoms with E-state index < -0.39 is 28.9 Å². The van der Waals surface area contributed by atoms with Gasteiger partial charge in [0.2, 0.25) is 5.78 Å².